The van der Waals surface area contributed by atoms with Gasteiger partial charge in [-0.1, -0.05) is 6.07 Å². The number of amides is 1. The Labute approximate surface area is 121 Å². The second-order valence-corrected chi connectivity index (χ2v) is 7.03. The summed E-state index contributed by atoms with van der Waals surface area (Å²) < 4.78 is 23.0. The van der Waals surface area contributed by atoms with Crippen molar-refractivity contribution in [2.24, 2.45) is 0 Å². The summed E-state index contributed by atoms with van der Waals surface area (Å²) in [5.74, 6) is -1.43. The summed E-state index contributed by atoms with van der Waals surface area (Å²) >= 11 is 0. The van der Waals surface area contributed by atoms with Gasteiger partial charge in [-0.15, -0.1) is 0 Å². The summed E-state index contributed by atoms with van der Waals surface area (Å²) in [6, 6.07) is 3.68. The molecule has 0 atom stereocenters. The summed E-state index contributed by atoms with van der Waals surface area (Å²) in [7, 11) is -3.16. The summed E-state index contributed by atoms with van der Waals surface area (Å²) in [6.45, 7) is 0.253. The molecule has 2 rings (SSSR count). The SMILES string of the molecule is O=C(c1cccc([N+](=O)[O-])c1O)N1CCCS(=O)(=O)CC1. The van der Waals surface area contributed by atoms with Gasteiger partial charge in [-0.05, 0) is 12.5 Å². The first kappa shape index (κ1) is 15.2. The lowest BCUT2D eigenvalue weighted by atomic mass is 10.1. The van der Waals surface area contributed by atoms with Gasteiger partial charge < -0.3 is 10.0 Å². The molecule has 0 saturated carbocycles. The average molecular weight is 314 g/mol. The Kier molecular flexibility index (Phi) is 4.12. The third-order valence-electron chi connectivity index (χ3n) is 3.28. The predicted octanol–water partition coefficient (Wildman–Crippen LogP) is 0.561. The highest BCUT2D eigenvalue weighted by atomic mass is 32.2. The van der Waals surface area contributed by atoms with E-state index in [0.29, 0.717) is 6.42 Å². The van der Waals surface area contributed by atoms with Crippen molar-refractivity contribution in [1.29, 1.82) is 0 Å². The van der Waals surface area contributed by atoms with Gasteiger partial charge in [0.15, 0.2) is 9.84 Å². The van der Waals surface area contributed by atoms with Crippen LogP contribution >= 0.6 is 0 Å². The first-order valence-electron chi connectivity index (χ1n) is 6.28. The number of rotatable bonds is 2. The van der Waals surface area contributed by atoms with Crippen molar-refractivity contribution in [2.45, 2.75) is 6.42 Å². The molecule has 1 N–H and O–H groups in total. The molecule has 1 fully saturated rings. The Balaban J connectivity index is 2.28. The molecule has 8 nitrogen and oxygen atoms in total. The van der Waals surface area contributed by atoms with E-state index in [0.717, 1.165) is 6.07 Å². The molecule has 1 aromatic rings. The highest BCUT2D eigenvalue weighted by Gasteiger charge is 2.27. The maximum atomic E-state index is 12.3. The Morgan fingerprint density at radius 3 is 2.67 bits per heavy atom. The van der Waals surface area contributed by atoms with E-state index >= 15 is 0 Å². The smallest absolute Gasteiger partial charge is 0.311 e. The summed E-state index contributed by atoms with van der Waals surface area (Å²) in [5.41, 5.74) is -0.744. The van der Waals surface area contributed by atoms with Gasteiger partial charge in [0.25, 0.3) is 5.91 Å². The number of hydrogen-bond acceptors (Lipinski definition) is 6. The van der Waals surface area contributed by atoms with Crippen LogP contribution in [0.1, 0.15) is 16.8 Å². The lowest BCUT2D eigenvalue weighted by Crippen LogP contribution is -2.33. The minimum absolute atomic E-state index is 0.0116. The van der Waals surface area contributed by atoms with Crippen LogP contribution in [0.5, 0.6) is 5.75 Å². The van der Waals surface area contributed by atoms with Crippen LogP contribution in [0.25, 0.3) is 0 Å². The molecule has 9 heteroatoms. The zero-order valence-electron chi connectivity index (χ0n) is 11.1. The van der Waals surface area contributed by atoms with Gasteiger partial charge in [0.1, 0.15) is 0 Å². The Bertz CT molecular complexity index is 685. The fourth-order valence-corrected chi connectivity index (χ4v) is 3.43. The molecule has 114 valence electrons. The van der Waals surface area contributed by atoms with Crippen molar-refractivity contribution in [2.75, 3.05) is 24.6 Å². The highest BCUT2D eigenvalue weighted by molar-refractivity contribution is 7.91. The normalized spacial score (nSPS) is 18.0. The molecule has 1 aliphatic rings. The van der Waals surface area contributed by atoms with Crippen molar-refractivity contribution < 1.29 is 23.2 Å². The molecule has 0 aliphatic carbocycles. The first-order chi connectivity index (χ1) is 9.82. The van der Waals surface area contributed by atoms with Gasteiger partial charge in [0.05, 0.1) is 22.0 Å². The topological polar surface area (TPSA) is 118 Å². The number of hydrogen-bond donors (Lipinski definition) is 1. The maximum Gasteiger partial charge on any atom is 0.311 e. The Hall–Kier alpha value is -2.16. The van der Waals surface area contributed by atoms with E-state index < -0.39 is 32.1 Å². The lowest BCUT2D eigenvalue weighted by molar-refractivity contribution is -0.385. The zero-order chi connectivity index (χ0) is 15.6. The van der Waals surface area contributed by atoms with E-state index in [1.54, 1.807) is 0 Å². The number of phenols is 1. The number of carbonyl (C=O) groups is 1. The van der Waals surface area contributed by atoms with Gasteiger partial charge in [-0.3, -0.25) is 14.9 Å². The fourth-order valence-electron chi connectivity index (χ4n) is 2.16. The van der Waals surface area contributed by atoms with Crippen molar-refractivity contribution in [3.05, 3.63) is 33.9 Å². The molecular formula is C12H14N2O6S. The fraction of sp³-hybridized carbons (Fsp3) is 0.417. The second kappa shape index (κ2) is 5.68. The van der Waals surface area contributed by atoms with Crippen LogP contribution in [0.3, 0.4) is 0 Å². The molecule has 0 spiro atoms. The van der Waals surface area contributed by atoms with Gasteiger partial charge in [0, 0.05) is 19.2 Å². The van der Waals surface area contributed by atoms with E-state index in [-0.39, 0.29) is 30.2 Å². The van der Waals surface area contributed by atoms with E-state index in [9.17, 15) is 28.4 Å². The highest BCUT2D eigenvalue weighted by Crippen LogP contribution is 2.30. The number of nitro groups is 1. The standard InChI is InChI=1S/C12H14N2O6S/c15-11-9(3-1-4-10(11)14(17)18)12(16)13-5-2-7-21(19,20)8-6-13/h1,3-4,15H,2,5-8H2. The van der Waals surface area contributed by atoms with E-state index in [2.05, 4.69) is 0 Å². The molecule has 21 heavy (non-hydrogen) atoms. The monoisotopic (exact) mass is 314 g/mol. The Morgan fingerprint density at radius 2 is 2.00 bits per heavy atom. The quantitative estimate of drug-likeness (QED) is 0.629. The van der Waals surface area contributed by atoms with Gasteiger partial charge in [-0.25, -0.2) is 8.42 Å². The summed E-state index contributed by atoms with van der Waals surface area (Å²) in [4.78, 5) is 23.6. The van der Waals surface area contributed by atoms with Crippen LogP contribution in [-0.4, -0.2) is 53.8 Å². The number of carbonyl (C=O) groups excluding carboxylic acids is 1. The average Bonchev–Trinajstić information content (AvgIpc) is 2.59. The van der Waals surface area contributed by atoms with Crippen molar-refractivity contribution in [1.82, 2.24) is 4.90 Å². The summed E-state index contributed by atoms with van der Waals surface area (Å²) in [5, 5.41) is 20.6. The number of nitro benzene ring substituents is 1. The number of aromatic hydroxyl groups is 1. The molecular weight excluding hydrogens is 300 g/mol. The van der Waals surface area contributed by atoms with Crippen molar-refractivity contribution >= 4 is 21.4 Å². The molecule has 1 heterocycles. The lowest BCUT2D eigenvalue weighted by Gasteiger charge is -2.20. The van der Waals surface area contributed by atoms with Gasteiger partial charge in [0.2, 0.25) is 5.75 Å². The largest absolute Gasteiger partial charge is 0.502 e. The number of para-hydroxylation sites is 1. The molecule has 0 bridgehead atoms. The summed E-state index contributed by atoms with van der Waals surface area (Å²) in [6.07, 6.45) is 0.309. The molecule has 1 amide bonds. The zero-order valence-corrected chi connectivity index (χ0v) is 11.9. The van der Waals surface area contributed by atoms with Crippen LogP contribution < -0.4 is 0 Å². The van der Waals surface area contributed by atoms with Gasteiger partial charge >= 0.3 is 5.69 Å². The van der Waals surface area contributed by atoms with E-state index in [1.807, 2.05) is 0 Å². The van der Waals surface area contributed by atoms with Crippen LogP contribution in [0.2, 0.25) is 0 Å². The third-order valence-corrected chi connectivity index (χ3v) is 5.00. The van der Waals surface area contributed by atoms with Crippen molar-refractivity contribution in [3.8, 4) is 5.75 Å². The Morgan fingerprint density at radius 1 is 1.29 bits per heavy atom. The molecule has 1 saturated heterocycles. The minimum Gasteiger partial charge on any atom is -0.502 e. The molecule has 1 aromatic carbocycles. The van der Waals surface area contributed by atoms with Crippen LogP contribution in [0.4, 0.5) is 5.69 Å². The number of nitrogens with zero attached hydrogens (tertiary/aromatic N) is 2. The molecule has 0 aromatic heterocycles. The van der Waals surface area contributed by atoms with Crippen molar-refractivity contribution in [3.63, 3.8) is 0 Å². The second-order valence-electron chi connectivity index (χ2n) is 4.73. The van der Waals surface area contributed by atoms with Crippen LogP contribution in [0, 0.1) is 10.1 Å². The predicted molar refractivity (Wildman–Crippen MR) is 73.9 cm³/mol. The van der Waals surface area contributed by atoms with Crippen LogP contribution in [0.15, 0.2) is 18.2 Å². The van der Waals surface area contributed by atoms with Gasteiger partial charge in [-0.2, -0.15) is 0 Å². The van der Waals surface area contributed by atoms with E-state index in [4.69, 9.17) is 0 Å². The number of benzene rings is 1. The molecule has 0 radical (unpaired) electrons. The molecule has 1 aliphatic heterocycles. The number of sulfone groups is 1. The number of phenolic OH excluding ortho intramolecular Hbond substituents is 1. The first-order valence-corrected chi connectivity index (χ1v) is 8.10. The van der Waals surface area contributed by atoms with Crippen LogP contribution in [-0.2, 0) is 9.84 Å². The third kappa shape index (κ3) is 3.30. The minimum atomic E-state index is -3.16. The van der Waals surface area contributed by atoms with E-state index in [1.165, 1.54) is 17.0 Å². The maximum absolute atomic E-state index is 12.3. The molecule has 0 unspecified atom stereocenters.